The Morgan fingerprint density at radius 2 is 1.73 bits per heavy atom. The van der Waals surface area contributed by atoms with Crippen molar-refractivity contribution in [3.05, 3.63) is 93.5 Å². The van der Waals surface area contributed by atoms with E-state index < -0.39 is 15.9 Å². The van der Waals surface area contributed by atoms with E-state index in [0.29, 0.717) is 20.7 Å². The zero-order valence-electron chi connectivity index (χ0n) is 16.6. The van der Waals surface area contributed by atoms with Gasteiger partial charge < -0.3 is 4.18 Å². The van der Waals surface area contributed by atoms with Crippen LogP contribution in [0.4, 0.5) is 9.52 Å². The number of rotatable bonds is 7. The molecule has 0 aliphatic heterocycles. The molecule has 33 heavy (non-hydrogen) atoms. The van der Waals surface area contributed by atoms with E-state index in [-0.39, 0.29) is 10.6 Å². The van der Waals surface area contributed by atoms with Crippen LogP contribution in [0.2, 0.25) is 10.0 Å². The summed E-state index contributed by atoms with van der Waals surface area (Å²) in [5, 5.41) is 7.52. The predicted octanol–water partition coefficient (Wildman–Crippen LogP) is 6.47. The van der Waals surface area contributed by atoms with Crippen molar-refractivity contribution in [2.75, 3.05) is 5.43 Å². The van der Waals surface area contributed by atoms with E-state index >= 15 is 0 Å². The number of anilines is 1. The number of halogens is 3. The molecule has 1 aromatic heterocycles. The van der Waals surface area contributed by atoms with E-state index in [2.05, 4.69) is 15.5 Å². The molecule has 0 atom stereocenters. The molecule has 0 aliphatic rings. The van der Waals surface area contributed by atoms with E-state index in [1.807, 2.05) is 11.4 Å². The first kappa shape index (κ1) is 23.2. The van der Waals surface area contributed by atoms with Crippen LogP contribution in [0.15, 0.2) is 82.1 Å². The highest BCUT2D eigenvalue weighted by Gasteiger charge is 2.16. The molecule has 0 radical (unpaired) electrons. The number of hydrazone groups is 1. The van der Waals surface area contributed by atoms with Crippen LogP contribution in [0.5, 0.6) is 5.75 Å². The fourth-order valence-corrected chi connectivity index (χ4v) is 4.56. The summed E-state index contributed by atoms with van der Waals surface area (Å²) < 4.78 is 42.6. The van der Waals surface area contributed by atoms with Gasteiger partial charge in [0.2, 0.25) is 5.13 Å². The van der Waals surface area contributed by atoms with Crippen LogP contribution in [-0.4, -0.2) is 19.6 Å². The third-order valence-corrected chi connectivity index (χ3v) is 7.03. The Balaban J connectivity index is 1.37. The fraction of sp³-hybridized carbons (Fsp3) is 0. The summed E-state index contributed by atoms with van der Waals surface area (Å²) >= 11 is 13.4. The molecule has 11 heteroatoms. The van der Waals surface area contributed by atoms with Crippen molar-refractivity contribution in [2.24, 2.45) is 5.10 Å². The van der Waals surface area contributed by atoms with Crippen molar-refractivity contribution in [3.63, 3.8) is 0 Å². The summed E-state index contributed by atoms with van der Waals surface area (Å²) in [6.45, 7) is 0. The summed E-state index contributed by atoms with van der Waals surface area (Å²) in [6, 6.07) is 15.9. The number of hydrogen-bond acceptors (Lipinski definition) is 7. The molecular formula is C22H14Cl2FN3O3S2. The Kier molecular flexibility index (Phi) is 6.94. The standard InChI is InChI=1S/C22H14Cl2FN3O3S2/c23-19-10-3-15(11-20(19)24)21-13-32-22(27-21)28-26-12-14-1-6-17(7-2-14)31-33(29,30)18-8-4-16(25)5-9-18/h1-13H,(H,27,28)/b26-12-. The molecule has 1 N–H and O–H groups in total. The molecule has 168 valence electrons. The van der Waals surface area contributed by atoms with Gasteiger partial charge in [-0.3, -0.25) is 5.43 Å². The maximum absolute atomic E-state index is 13.0. The predicted molar refractivity (Wildman–Crippen MR) is 129 cm³/mol. The number of aromatic nitrogens is 1. The molecule has 0 amide bonds. The maximum Gasteiger partial charge on any atom is 0.339 e. The van der Waals surface area contributed by atoms with Crippen LogP contribution < -0.4 is 9.61 Å². The Hall–Kier alpha value is -2.98. The highest BCUT2D eigenvalue weighted by atomic mass is 35.5. The Bertz CT molecular complexity index is 1410. The lowest BCUT2D eigenvalue weighted by Gasteiger charge is -2.07. The highest BCUT2D eigenvalue weighted by Crippen LogP contribution is 2.30. The molecule has 6 nitrogen and oxygen atoms in total. The molecule has 0 aliphatic carbocycles. The van der Waals surface area contributed by atoms with Crippen molar-refractivity contribution in [1.29, 1.82) is 0 Å². The van der Waals surface area contributed by atoms with Gasteiger partial charge in [-0.15, -0.1) is 11.3 Å². The zero-order chi connectivity index (χ0) is 23.4. The van der Waals surface area contributed by atoms with Crippen LogP contribution >= 0.6 is 34.5 Å². The smallest absolute Gasteiger partial charge is 0.339 e. The molecule has 0 bridgehead atoms. The number of nitrogens with one attached hydrogen (secondary N) is 1. The summed E-state index contributed by atoms with van der Waals surface area (Å²) in [5.41, 5.74) is 5.13. The number of hydrogen-bond donors (Lipinski definition) is 1. The lowest BCUT2D eigenvalue weighted by molar-refractivity contribution is 0.486. The Labute approximate surface area is 203 Å². The molecule has 0 spiro atoms. The average molecular weight is 522 g/mol. The van der Waals surface area contributed by atoms with Gasteiger partial charge in [0.25, 0.3) is 0 Å². The summed E-state index contributed by atoms with van der Waals surface area (Å²) in [4.78, 5) is 4.32. The molecule has 4 rings (SSSR count). The SMILES string of the molecule is O=S(=O)(Oc1ccc(/C=N\Nc2nc(-c3ccc(Cl)c(Cl)c3)cs2)cc1)c1ccc(F)cc1. The van der Waals surface area contributed by atoms with Crippen molar-refractivity contribution in [3.8, 4) is 17.0 Å². The first-order valence-electron chi connectivity index (χ1n) is 9.30. The average Bonchev–Trinajstić information content (AvgIpc) is 3.26. The third kappa shape index (κ3) is 5.88. The van der Waals surface area contributed by atoms with E-state index in [4.69, 9.17) is 27.4 Å². The maximum atomic E-state index is 13.0. The second-order valence-corrected chi connectivity index (χ2v) is 9.82. The van der Waals surface area contributed by atoms with Crippen LogP contribution in [0.25, 0.3) is 11.3 Å². The Morgan fingerprint density at radius 1 is 1.00 bits per heavy atom. The lowest BCUT2D eigenvalue weighted by Crippen LogP contribution is -2.09. The first-order valence-corrected chi connectivity index (χ1v) is 12.3. The highest BCUT2D eigenvalue weighted by molar-refractivity contribution is 7.87. The first-order chi connectivity index (χ1) is 15.8. The molecule has 0 fully saturated rings. The van der Waals surface area contributed by atoms with Crippen LogP contribution in [-0.2, 0) is 10.1 Å². The molecule has 1 heterocycles. The van der Waals surface area contributed by atoms with Crippen LogP contribution in [0.1, 0.15) is 5.56 Å². The zero-order valence-corrected chi connectivity index (χ0v) is 19.7. The molecule has 3 aromatic carbocycles. The van der Waals surface area contributed by atoms with Gasteiger partial charge in [0, 0.05) is 10.9 Å². The topological polar surface area (TPSA) is 80.7 Å². The van der Waals surface area contributed by atoms with E-state index in [0.717, 1.165) is 35.5 Å². The fourth-order valence-electron chi connectivity index (χ4n) is 2.66. The minimum atomic E-state index is -4.06. The van der Waals surface area contributed by atoms with Gasteiger partial charge in [-0.25, -0.2) is 9.37 Å². The van der Waals surface area contributed by atoms with Crippen LogP contribution in [0, 0.1) is 5.82 Å². The van der Waals surface area contributed by atoms with Gasteiger partial charge in [0.15, 0.2) is 0 Å². The molecule has 0 saturated heterocycles. The number of thiazole rings is 1. The number of nitrogens with zero attached hydrogens (tertiary/aromatic N) is 2. The minimum absolute atomic E-state index is 0.121. The molecule has 0 unspecified atom stereocenters. The third-order valence-electron chi connectivity index (χ3n) is 4.28. The summed E-state index contributed by atoms with van der Waals surface area (Å²) in [6.07, 6.45) is 1.55. The van der Waals surface area contributed by atoms with Gasteiger partial charge in [0.05, 0.1) is 22.0 Å². The largest absolute Gasteiger partial charge is 0.379 e. The van der Waals surface area contributed by atoms with Crippen molar-refractivity contribution < 1.29 is 17.0 Å². The van der Waals surface area contributed by atoms with Crippen molar-refractivity contribution >= 4 is 56.0 Å². The van der Waals surface area contributed by atoms with E-state index in [1.54, 1.807) is 30.5 Å². The van der Waals surface area contributed by atoms with E-state index in [1.165, 1.54) is 23.5 Å². The number of benzene rings is 3. The van der Waals surface area contributed by atoms with Gasteiger partial charge in [-0.1, -0.05) is 29.3 Å². The molecule has 4 aromatic rings. The monoisotopic (exact) mass is 521 g/mol. The van der Waals surface area contributed by atoms with E-state index in [9.17, 15) is 12.8 Å². The minimum Gasteiger partial charge on any atom is -0.379 e. The summed E-state index contributed by atoms with van der Waals surface area (Å²) in [5.74, 6) is -0.412. The second-order valence-electron chi connectivity index (χ2n) is 6.60. The lowest BCUT2D eigenvalue weighted by atomic mass is 10.2. The van der Waals surface area contributed by atoms with Crippen LogP contribution in [0.3, 0.4) is 0 Å². The molecular weight excluding hydrogens is 508 g/mol. The second kappa shape index (κ2) is 9.88. The normalized spacial score (nSPS) is 11.6. The summed E-state index contributed by atoms with van der Waals surface area (Å²) in [7, 11) is -4.06. The van der Waals surface area contributed by atoms with Crippen molar-refractivity contribution in [1.82, 2.24) is 4.98 Å². The Morgan fingerprint density at radius 3 is 2.42 bits per heavy atom. The quantitative estimate of drug-likeness (QED) is 0.171. The van der Waals surface area contributed by atoms with Gasteiger partial charge >= 0.3 is 10.1 Å². The van der Waals surface area contributed by atoms with Gasteiger partial charge in [0.1, 0.15) is 16.5 Å². The molecule has 0 saturated carbocycles. The van der Waals surface area contributed by atoms with Gasteiger partial charge in [-0.05, 0) is 66.2 Å². The van der Waals surface area contributed by atoms with Crippen molar-refractivity contribution in [2.45, 2.75) is 4.90 Å². The van der Waals surface area contributed by atoms with Gasteiger partial charge in [-0.2, -0.15) is 13.5 Å².